The van der Waals surface area contributed by atoms with Crippen LogP contribution in [0.1, 0.15) is 33.0 Å². The lowest BCUT2D eigenvalue weighted by Gasteiger charge is -2.09. The average Bonchev–Trinajstić information content (AvgIpc) is 2.97. The number of esters is 1. The van der Waals surface area contributed by atoms with Crippen LogP contribution in [-0.2, 0) is 20.7 Å². The van der Waals surface area contributed by atoms with Crippen LogP contribution in [0, 0.1) is 13.8 Å². The second-order valence-electron chi connectivity index (χ2n) is 6.39. The summed E-state index contributed by atoms with van der Waals surface area (Å²) in [7, 11) is 1.23. The highest BCUT2D eigenvalue weighted by Gasteiger charge is 2.28. The Hall–Kier alpha value is -3.75. The molecule has 29 heavy (non-hydrogen) atoms. The zero-order valence-electron chi connectivity index (χ0n) is 16.3. The predicted molar refractivity (Wildman–Crippen MR) is 103 cm³/mol. The van der Waals surface area contributed by atoms with Gasteiger partial charge in [0.2, 0.25) is 5.88 Å². The summed E-state index contributed by atoms with van der Waals surface area (Å²) in [6, 6.07) is 9.59. The van der Waals surface area contributed by atoms with E-state index < -0.39 is 24.3 Å². The van der Waals surface area contributed by atoms with Crippen LogP contribution in [0.3, 0.4) is 0 Å². The number of fused-ring (bicyclic) bond motifs is 1. The molecule has 0 aliphatic heterocycles. The summed E-state index contributed by atoms with van der Waals surface area (Å²) in [6.07, 6.45) is 0.451. The maximum atomic E-state index is 12.6. The first-order valence-corrected chi connectivity index (χ1v) is 8.80. The summed E-state index contributed by atoms with van der Waals surface area (Å²) in [5.74, 6) is -2.24. The molecule has 0 bridgehead atoms. The molecule has 1 aromatic carbocycles. The maximum absolute atomic E-state index is 12.6. The zero-order chi connectivity index (χ0) is 21.1. The summed E-state index contributed by atoms with van der Waals surface area (Å²) < 4.78 is 11.6. The van der Waals surface area contributed by atoms with Gasteiger partial charge in [0, 0.05) is 6.42 Å². The van der Waals surface area contributed by atoms with Crippen molar-refractivity contribution in [3.05, 3.63) is 58.5 Å². The van der Waals surface area contributed by atoms with Gasteiger partial charge < -0.3 is 15.2 Å². The van der Waals surface area contributed by atoms with Gasteiger partial charge in [-0.05, 0) is 25.0 Å². The number of benzene rings is 1. The molecule has 1 amide bonds. The summed E-state index contributed by atoms with van der Waals surface area (Å²) in [5.41, 5.74) is 7.72. The molecule has 3 rings (SSSR count). The molecule has 150 valence electrons. The number of hydrogen-bond acceptors (Lipinski definition) is 7. The molecule has 2 aromatic heterocycles. The molecule has 0 unspecified atom stereocenters. The van der Waals surface area contributed by atoms with Crippen molar-refractivity contribution in [2.24, 2.45) is 5.73 Å². The van der Waals surface area contributed by atoms with E-state index >= 15 is 0 Å². The summed E-state index contributed by atoms with van der Waals surface area (Å²) in [6.45, 7) is 2.95. The SMILES string of the molecule is COC(=O)COc1nc(C)nn2c(Cc3ccccc3)c(C)c(C(=O)C(N)=O)c12. The van der Waals surface area contributed by atoms with Gasteiger partial charge in [-0.1, -0.05) is 30.3 Å². The van der Waals surface area contributed by atoms with Crippen LogP contribution in [-0.4, -0.2) is 46.0 Å². The second kappa shape index (κ2) is 8.09. The number of aryl methyl sites for hydroxylation is 1. The minimum Gasteiger partial charge on any atom is -0.466 e. The van der Waals surface area contributed by atoms with Crippen molar-refractivity contribution >= 4 is 23.2 Å². The lowest BCUT2D eigenvalue weighted by Crippen LogP contribution is -2.24. The fourth-order valence-corrected chi connectivity index (χ4v) is 3.08. The molecule has 0 saturated carbocycles. The first-order chi connectivity index (χ1) is 13.8. The number of ether oxygens (including phenoxy) is 2. The molecule has 0 radical (unpaired) electrons. The Labute approximate surface area is 166 Å². The Morgan fingerprint density at radius 3 is 2.45 bits per heavy atom. The Kier molecular flexibility index (Phi) is 5.58. The van der Waals surface area contributed by atoms with Gasteiger partial charge in [0.25, 0.3) is 11.7 Å². The first kappa shape index (κ1) is 20.0. The average molecular weight is 396 g/mol. The van der Waals surface area contributed by atoms with E-state index in [1.807, 2.05) is 30.3 Å². The van der Waals surface area contributed by atoms with Crippen molar-refractivity contribution in [2.45, 2.75) is 20.3 Å². The number of primary amides is 1. The highest BCUT2D eigenvalue weighted by Crippen LogP contribution is 2.30. The van der Waals surface area contributed by atoms with E-state index in [4.69, 9.17) is 10.5 Å². The third-order valence-corrected chi connectivity index (χ3v) is 4.44. The zero-order valence-corrected chi connectivity index (χ0v) is 16.3. The van der Waals surface area contributed by atoms with E-state index in [1.54, 1.807) is 13.8 Å². The van der Waals surface area contributed by atoms with Crippen molar-refractivity contribution < 1.29 is 23.9 Å². The Morgan fingerprint density at radius 1 is 1.14 bits per heavy atom. The first-order valence-electron chi connectivity index (χ1n) is 8.80. The molecule has 2 heterocycles. The van der Waals surface area contributed by atoms with Gasteiger partial charge in [0.05, 0.1) is 18.4 Å². The Balaban J connectivity index is 2.24. The number of ketones is 1. The van der Waals surface area contributed by atoms with Crippen LogP contribution >= 0.6 is 0 Å². The highest BCUT2D eigenvalue weighted by molar-refractivity contribution is 6.44. The number of rotatable bonds is 7. The van der Waals surface area contributed by atoms with Crippen LogP contribution in [0.4, 0.5) is 0 Å². The smallest absolute Gasteiger partial charge is 0.343 e. The molecule has 2 N–H and O–H groups in total. The van der Waals surface area contributed by atoms with E-state index in [0.29, 0.717) is 23.5 Å². The van der Waals surface area contributed by atoms with Crippen molar-refractivity contribution in [1.82, 2.24) is 14.6 Å². The Morgan fingerprint density at radius 2 is 1.83 bits per heavy atom. The van der Waals surface area contributed by atoms with Crippen molar-refractivity contribution in [3.63, 3.8) is 0 Å². The number of nitrogens with zero attached hydrogens (tertiary/aromatic N) is 3. The van der Waals surface area contributed by atoms with Crippen molar-refractivity contribution in [1.29, 1.82) is 0 Å². The standard InChI is InChI=1S/C20H20N4O5/c1-11-14(9-13-7-5-4-6-8-13)24-17(16(11)18(26)19(21)27)20(22-12(2)23-24)29-10-15(25)28-3/h4-8H,9-10H2,1-3H3,(H2,21,27). The van der Waals surface area contributed by atoms with Crippen LogP contribution in [0.5, 0.6) is 5.88 Å². The van der Waals surface area contributed by atoms with Crippen molar-refractivity contribution in [3.8, 4) is 5.88 Å². The molecule has 9 heteroatoms. The molecule has 9 nitrogen and oxygen atoms in total. The highest BCUT2D eigenvalue weighted by atomic mass is 16.6. The van der Waals surface area contributed by atoms with E-state index in [9.17, 15) is 14.4 Å². The van der Waals surface area contributed by atoms with Crippen LogP contribution < -0.4 is 10.5 Å². The summed E-state index contributed by atoms with van der Waals surface area (Å²) in [5, 5.41) is 4.41. The molecule has 0 fully saturated rings. The number of methoxy groups -OCH3 is 1. The number of hydrogen-bond donors (Lipinski definition) is 1. The summed E-state index contributed by atoms with van der Waals surface area (Å²) in [4.78, 5) is 40.0. The predicted octanol–water partition coefficient (Wildman–Crippen LogP) is 1.16. The summed E-state index contributed by atoms with van der Waals surface area (Å²) >= 11 is 0. The monoisotopic (exact) mass is 396 g/mol. The third kappa shape index (κ3) is 3.93. The van der Waals surface area contributed by atoms with Crippen LogP contribution in [0.25, 0.3) is 5.52 Å². The van der Waals surface area contributed by atoms with Gasteiger partial charge in [-0.3, -0.25) is 9.59 Å². The molecule has 0 atom stereocenters. The maximum Gasteiger partial charge on any atom is 0.343 e. The van der Waals surface area contributed by atoms with Crippen LogP contribution in [0.2, 0.25) is 0 Å². The fraction of sp³-hybridized carbons (Fsp3) is 0.250. The second-order valence-corrected chi connectivity index (χ2v) is 6.39. The van der Waals surface area contributed by atoms with Gasteiger partial charge >= 0.3 is 5.97 Å². The minimum atomic E-state index is -1.11. The van der Waals surface area contributed by atoms with Crippen LogP contribution in [0.15, 0.2) is 30.3 Å². The third-order valence-electron chi connectivity index (χ3n) is 4.44. The number of nitrogens with two attached hydrogens (primary N) is 1. The minimum absolute atomic E-state index is 0.00471. The lowest BCUT2D eigenvalue weighted by molar-refractivity contribution is -0.143. The number of carbonyl (C=O) groups excluding carboxylic acids is 3. The Bertz CT molecular complexity index is 1110. The normalized spacial score (nSPS) is 10.7. The molecule has 0 saturated heterocycles. The number of carbonyl (C=O) groups is 3. The fourth-order valence-electron chi connectivity index (χ4n) is 3.08. The number of aromatic nitrogens is 3. The molecular formula is C20H20N4O5. The van der Waals surface area contributed by atoms with Crippen molar-refractivity contribution in [2.75, 3.05) is 13.7 Å². The quantitative estimate of drug-likeness (QED) is 0.361. The van der Waals surface area contributed by atoms with Gasteiger partial charge in [0.15, 0.2) is 6.61 Å². The van der Waals surface area contributed by atoms with E-state index in [1.165, 1.54) is 11.6 Å². The van der Waals surface area contributed by atoms with Gasteiger partial charge in [-0.2, -0.15) is 10.1 Å². The van der Waals surface area contributed by atoms with E-state index in [0.717, 1.165) is 5.56 Å². The van der Waals surface area contributed by atoms with Gasteiger partial charge in [-0.25, -0.2) is 9.31 Å². The van der Waals surface area contributed by atoms with Gasteiger partial charge in [0.1, 0.15) is 11.3 Å². The number of Topliss-reactive ketones (excluding diaryl/α,β-unsaturated/α-hetero) is 1. The largest absolute Gasteiger partial charge is 0.466 e. The molecule has 0 aliphatic rings. The molecule has 3 aromatic rings. The molecule has 0 spiro atoms. The lowest BCUT2D eigenvalue weighted by atomic mass is 10.0. The van der Waals surface area contributed by atoms with E-state index in [2.05, 4.69) is 14.8 Å². The number of amides is 1. The molecular weight excluding hydrogens is 376 g/mol. The molecule has 0 aliphatic carbocycles. The van der Waals surface area contributed by atoms with Gasteiger partial charge in [-0.15, -0.1) is 0 Å². The topological polar surface area (TPSA) is 126 Å². The van der Waals surface area contributed by atoms with E-state index in [-0.39, 0.29) is 17.0 Å².